The fourth-order valence-electron chi connectivity index (χ4n) is 3.36. The molecule has 1 heterocycles. The van der Waals surface area contributed by atoms with E-state index in [9.17, 15) is 9.59 Å². The standard InChI is InChI=1S/C25H29N3O2/c1-2-3-11-24(29)28(23-9-5-4-6-10-23)18-7-8-21-12-14-22(15-13-21)25(30)27-19-16-26-17-20-27/h4-6,9-10,12-15,26H,2-3,11,16-20H2,1H3. The summed E-state index contributed by atoms with van der Waals surface area (Å²) >= 11 is 0. The number of amides is 2. The van der Waals surface area contributed by atoms with Crippen LogP contribution in [0.1, 0.15) is 42.1 Å². The SMILES string of the molecule is CCCCC(=O)N(CC#Cc1ccc(C(=O)N2CCNCC2)cc1)c1ccccc1. The molecular weight excluding hydrogens is 374 g/mol. The van der Waals surface area contributed by atoms with Crippen LogP contribution < -0.4 is 10.2 Å². The Morgan fingerprint density at radius 3 is 2.40 bits per heavy atom. The van der Waals surface area contributed by atoms with E-state index in [4.69, 9.17) is 0 Å². The van der Waals surface area contributed by atoms with E-state index in [0.29, 0.717) is 18.5 Å². The van der Waals surface area contributed by atoms with Crippen LogP contribution in [0.15, 0.2) is 54.6 Å². The molecule has 0 spiro atoms. The first kappa shape index (κ1) is 21.6. The molecule has 3 rings (SSSR count). The van der Waals surface area contributed by atoms with E-state index >= 15 is 0 Å². The molecule has 0 atom stereocenters. The molecule has 0 aromatic heterocycles. The number of piperazine rings is 1. The number of hydrogen-bond donors (Lipinski definition) is 1. The average Bonchev–Trinajstić information content (AvgIpc) is 2.81. The van der Waals surface area contributed by atoms with Crippen LogP contribution in [-0.4, -0.2) is 49.4 Å². The fraction of sp³-hybridized carbons (Fsp3) is 0.360. The van der Waals surface area contributed by atoms with Crippen molar-refractivity contribution in [3.05, 3.63) is 65.7 Å². The highest BCUT2D eigenvalue weighted by Gasteiger charge is 2.17. The molecule has 1 saturated heterocycles. The van der Waals surface area contributed by atoms with Crippen LogP contribution in [0, 0.1) is 11.8 Å². The summed E-state index contributed by atoms with van der Waals surface area (Å²) in [7, 11) is 0. The predicted molar refractivity (Wildman–Crippen MR) is 120 cm³/mol. The van der Waals surface area contributed by atoms with Crippen molar-refractivity contribution in [1.82, 2.24) is 10.2 Å². The summed E-state index contributed by atoms with van der Waals surface area (Å²) in [6, 6.07) is 17.1. The molecule has 1 N–H and O–H groups in total. The van der Waals surface area contributed by atoms with Gasteiger partial charge in [-0.2, -0.15) is 0 Å². The molecule has 0 radical (unpaired) electrons. The molecule has 1 fully saturated rings. The van der Waals surface area contributed by atoms with Crippen molar-refractivity contribution in [3.63, 3.8) is 0 Å². The maximum Gasteiger partial charge on any atom is 0.253 e. The normalized spacial score (nSPS) is 13.3. The molecule has 5 nitrogen and oxygen atoms in total. The van der Waals surface area contributed by atoms with E-state index in [1.54, 1.807) is 4.90 Å². The second-order valence-electron chi connectivity index (χ2n) is 7.34. The molecule has 2 amide bonds. The van der Waals surface area contributed by atoms with Crippen LogP contribution in [0.4, 0.5) is 5.69 Å². The van der Waals surface area contributed by atoms with E-state index in [2.05, 4.69) is 24.1 Å². The highest BCUT2D eigenvalue weighted by Crippen LogP contribution is 2.15. The second-order valence-corrected chi connectivity index (χ2v) is 7.34. The number of unbranched alkanes of at least 4 members (excludes halogenated alkanes) is 1. The summed E-state index contributed by atoms with van der Waals surface area (Å²) in [4.78, 5) is 28.8. The summed E-state index contributed by atoms with van der Waals surface area (Å²) in [5, 5.41) is 3.25. The third kappa shape index (κ3) is 5.95. The van der Waals surface area contributed by atoms with E-state index in [0.717, 1.165) is 50.3 Å². The summed E-state index contributed by atoms with van der Waals surface area (Å²) < 4.78 is 0. The van der Waals surface area contributed by atoms with Crippen molar-refractivity contribution in [1.29, 1.82) is 0 Å². The Kier molecular flexibility index (Phi) is 8.05. The first-order chi connectivity index (χ1) is 14.7. The fourth-order valence-corrected chi connectivity index (χ4v) is 3.36. The van der Waals surface area contributed by atoms with Gasteiger partial charge in [0.25, 0.3) is 5.91 Å². The third-order valence-electron chi connectivity index (χ3n) is 5.12. The minimum Gasteiger partial charge on any atom is -0.336 e. The molecule has 1 aliphatic heterocycles. The van der Waals surface area contributed by atoms with Crippen molar-refractivity contribution in [2.24, 2.45) is 0 Å². The highest BCUT2D eigenvalue weighted by atomic mass is 16.2. The first-order valence-corrected chi connectivity index (χ1v) is 10.6. The lowest BCUT2D eigenvalue weighted by atomic mass is 10.1. The minimum absolute atomic E-state index is 0.0628. The molecule has 2 aromatic rings. The van der Waals surface area contributed by atoms with Gasteiger partial charge in [-0.3, -0.25) is 9.59 Å². The predicted octanol–water partition coefficient (Wildman–Crippen LogP) is 3.31. The van der Waals surface area contributed by atoms with Gasteiger partial charge in [0.15, 0.2) is 0 Å². The zero-order chi connectivity index (χ0) is 21.2. The van der Waals surface area contributed by atoms with Gasteiger partial charge in [0.2, 0.25) is 5.91 Å². The molecule has 0 unspecified atom stereocenters. The molecule has 5 heteroatoms. The van der Waals surface area contributed by atoms with Crippen molar-refractivity contribution >= 4 is 17.5 Å². The Bertz CT molecular complexity index is 891. The third-order valence-corrected chi connectivity index (χ3v) is 5.12. The Labute approximate surface area is 179 Å². The number of anilines is 1. The van der Waals surface area contributed by atoms with Gasteiger partial charge in [-0.15, -0.1) is 0 Å². The van der Waals surface area contributed by atoms with E-state index in [1.165, 1.54) is 0 Å². The van der Waals surface area contributed by atoms with Gasteiger partial charge in [0.05, 0.1) is 6.54 Å². The molecule has 30 heavy (non-hydrogen) atoms. The topological polar surface area (TPSA) is 52.7 Å². The van der Waals surface area contributed by atoms with Crippen LogP contribution in [-0.2, 0) is 4.79 Å². The van der Waals surface area contributed by atoms with Crippen molar-refractivity contribution in [2.75, 3.05) is 37.6 Å². The Balaban J connectivity index is 1.65. The van der Waals surface area contributed by atoms with Crippen LogP contribution >= 0.6 is 0 Å². The summed E-state index contributed by atoms with van der Waals surface area (Å²) in [6.07, 6.45) is 2.38. The van der Waals surface area contributed by atoms with Crippen molar-refractivity contribution in [3.8, 4) is 11.8 Å². The van der Waals surface area contributed by atoms with E-state index in [1.807, 2.05) is 59.5 Å². The Hall–Kier alpha value is -3.10. The first-order valence-electron chi connectivity index (χ1n) is 10.6. The maximum absolute atomic E-state index is 12.6. The van der Waals surface area contributed by atoms with Gasteiger partial charge < -0.3 is 15.1 Å². The number of carbonyl (C=O) groups excluding carboxylic acids is 2. The van der Waals surface area contributed by atoms with Crippen molar-refractivity contribution < 1.29 is 9.59 Å². The largest absolute Gasteiger partial charge is 0.336 e. The zero-order valence-corrected chi connectivity index (χ0v) is 17.6. The number of rotatable bonds is 6. The summed E-state index contributed by atoms with van der Waals surface area (Å²) in [6.45, 7) is 5.57. The van der Waals surface area contributed by atoms with E-state index in [-0.39, 0.29) is 11.8 Å². The second kappa shape index (κ2) is 11.2. The van der Waals surface area contributed by atoms with Crippen LogP contribution in [0.3, 0.4) is 0 Å². The quantitative estimate of drug-likeness (QED) is 0.753. The zero-order valence-electron chi connectivity index (χ0n) is 17.6. The summed E-state index contributed by atoms with van der Waals surface area (Å²) in [5.74, 6) is 6.40. The van der Waals surface area contributed by atoms with Crippen LogP contribution in [0.5, 0.6) is 0 Å². The average molecular weight is 404 g/mol. The summed E-state index contributed by atoms with van der Waals surface area (Å²) in [5.41, 5.74) is 2.38. The highest BCUT2D eigenvalue weighted by molar-refractivity contribution is 5.94. The lowest BCUT2D eigenvalue weighted by Gasteiger charge is -2.27. The molecule has 2 aromatic carbocycles. The monoisotopic (exact) mass is 403 g/mol. The molecule has 0 bridgehead atoms. The number of nitrogens with one attached hydrogen (secondary N) is 1. The van der Waals surface area contributed by atoms with Gasteiger partial charge >= 0.3 is 0 Å². The molecular formula is C25H29N3O2. The van der Waals surface area contributed by atoms with Gasteiger partial charge in [-0.1, -0.05) is 43.4 Å². The smallest absolute Gasteiger partial charge is 0.253 e. The molecule has 0 aliphatic carbocycles. The number of nitrogens with zero attached hydrogens (tertiary/aromatic N) is 2. The van der Waals surface area contributed by atoms with Crippen LogP contribution in [0.2, 0.25) is 0 Å². The number of para-hydroxylation sites is 1. The van der Waals surface area contributed by atoms with Gasteiger partial charge in [0, 0.05) is 49.4 Å². The van der Waals surface area contributed by atoms with Gasteiger partial charge in [-0.05, 0) is 42.8 Å². The molecule has 156 valence electrons. The Morgan fingerprint density at radius 1 is 1.03 bits per heavy atom. The molecule has 0 saturated carbocycles. The maximum atomic E-state index is 12.6. The number of hydrogen-bond acceptors (Lipinski definition) is 3. The minimum atomic E-state index is 0.0628. The lowest BCUT2D eigenvalue weighted by Crippen LogP contribution is -2.46. The lowest BCUT2D eigenvalue weighted by molar-refractivity contribution is -0.118. The van der Waals surface area contributed by atoms with Crippen molar-refractivity contribution in [2.45, 2.75) is 26.2 Å². The number of carbonyl (C=O) groups is 2. The molecule has 1 aliphatic rings. The van der Waals surface area contributed by atoms with Crippen LogP contribution in [0.25, 0.3) is 0 Å². The Morgan fingerprint density at radius 2 is 1.73 bits per heavy atom. The van der Waals surface area contributed by atoms with E-state index < -0.39 is 0 Å². The van der Waals surface area contributed by atoms with Gasteiger partial charge in [-0.25, -0.2) is 0 Å². The van der Waals surface area contributed by atoms with Gasteiger partial charge in [0.1, 0.15) is 0 Å². The number of benzene rings is 2.